The topological polar surface area (TPSA) is 77.0 Å². The van der Waals surface area contributed by atoms with E-state index in [1.165, 1.54) is 19.2 Å². The average molecular weight is 428 g/mol. The molecule has 0 bridgehead atoms. The summed E-state index contributed by atoms with van der Waals surface area (Å²) in [5, 5.41) is 12.9. The minimum atomic E-state index is -1.01. The maximum Gasteiger partial charge on any atom is 0.335 e. The Bertz CT molecular complexity index is 1020. The molecule has 7 heteroatoms. The van der Waals surface area contributed by atoms with Gasteiger partial charge in [-0.05, 0) is 35.4 Å². The standard InChI is InChI=1S/C23H22ClNO5/c1-28-20-9-8-16(23(26)27)10-19(20)25-13-17-11-21(29-2)22(12-18(17)24)30-14-15-6-4-3-5-7-15/h3-12,25H,13-14H2,1-2H3,(H,26,27). The second kappa shape index (κ2) is 9.89. The Labute approximate surface area is 180 Å². The number of carboxylic acids is 1. The lowest BCUT2D eigenvalue weighted by molar-refractivity contribution is 0.0697. The molecular weight excluding hydrogens is 406 g/mol. The fourth-order valence-electron chi connectivity index (χ4n) is 2.89. The van der Waals surface area contributed by atoms with Gasteiger partial charge in [-0.2, -0.15) is 0 Å². The Kier molecular flexibility index (Phi) is 7.03. The van der Waals surface area contributed by atoms with Crippen molar-refractivity contribution in [2.45, 2.75) is 13.2 Å². The van der Waals surface area contributed by atoms with E-state index in [4.69, 9.17) is 25.8 Å². The Balaban J connectivity index is 1.77. The predicted octanol–water partition coefficient (Wildman–Crippen LogP) is 5.25. The Morgan fingerprint density at radius 1 is 0.967 bits per heavy atom. The molecule has 3 rings (SSSR count). The van der Waals surface area contributed by atoms with Crippen LogP contribution in [0.25, 0.3) is 0 Å². The molecular formula is C23H22ClNO5. The third-order valence-corrected chi connectivity index (χ3v) is 4.84. The molecule has 0 aliphatic carbocycles. The molecule has 0 atom stereocenters. The Morgan fingerprint density at radius 3 is 2.37 bits per heavy atom. The molecule has 0 fully saturated rings. The molecule has 2 N–H and O–H groups in total. The summed E-state index contributed by atoms with van der Waals surface area (Å²) in [5.74, 6) is 0.616. The highest BCUT2D eigenvalue weighted by atomic mass is 35.5. The van der Waals surface area contributed by atoms with Gasteiger partial charge in [0.25, 0.3) is 0 Å². The van der Waals surface area contributed by atoms with Crippen LogP contribution in [0.15, 0.2) is 60.7 Å². The number of hydrogen-bond acceptors (Lipinski definition) is 5. The summed E-state index contributed by atoms with van der Waals surface area (Å²) in [6.07, 6.45) is 0. The molecule has 0 unspecified atom stereocenters. The lowest BCUT2D eigenvalue weighted by Gasteiger charge is -2.16. The van der Waals surface area contributed by atoms with E-state index < -0.39 is 5.97 Å². The van der Waals surface area contributed by atoms with Gasteiger partial charge in [0.05, 0.1) is 25.5 Å². The van der Waals surface area contributed by atoms with Gasteiger partial charge in [0, 0.05) is 17.6 Å². The molecule has 3 aromatic rings. The number of methoxy groups -OCH3 is 2. The van der Waals surface area contributed by atoms with Crippen LogP contribution in [0.5, 0.6) is 17.2 Å². The number of nitrogens with one attached hydrogen (secondary N) is 1. The summed E-state index contributed by atoms with van der Waals surface area (Å²) >= 11 is 6.46. The first-order valence-corrected chi connectivity index (χ1v) is 9.58. The minimum Gasteiger partial charge on any atom is -0.495 e. The van der Waals surface area contributed by atoms with Crippen molar-refractivity contribution in [3.63, 3.8) is 0 Å². The van der Waals surface area contributed by atoms with Gasteiger partial charge in [0.1, 0.15) is 12.4 Å². The van der Waals surface area contributed by atoms with Gasteiger partial charge in [-0.1, -0.05) is 41.9 Å². The monoisotopic (exact) mass is 427 g/mol. The molecule has 0 aliphatic heterocycles. The van der Waals surface area contributed by atoms with Gasteiger partial charge >= 0.3 is 5.97 Å². The highest BCUT2D eigenvalue weighted by molar-refractivity contribution is 6.31. The van der Waals surface area contributed by atoms with E-state index in [-0.39, 0.29) is 5.56 Å². The fraction of sp³-hybridized carbons (Fsp3) is 0.174. The molecule has 0 radical (unpaired) electrons. The molecule has 156 valence electrons. The smallest absolute Gasteiger partial charge is 0.335 e. The van der Waals surface area contributed by atoms with Gasteiger partial charge in [-0.15, -0.1) is 0 Å². The number of aromatic carboxylic acids is 1. The number of anilines is 1. The van der Waals surface area contributed by atoms with E-state index >= 15 is 0 Å². The van der Waals surface area contributed by atoms with Gasteiger partial charge < -0.3 is 24.6 Å². The van der Waals surface area contributed by atoms with Crippen LogP contribution in [0.4, 0.5) is 5.69 Å². The van der Waals surface area contributed by atoms with Crippen molar-refractivity contribution in [2.75, 3.05) is 19.5 Å². The van der Waals surface area contributed by atoms with Crippen molar-refractivity contribution in [3.05, 3.63) is 82.4 Å². The predicted molar refractivity (Wildman–Crippen MR) is 116 cm³/mol. The van der Waals surface area contributed by atoms with Crippen LogP contribution >= 0.6 is 11.6 Å². The fourth-order valence-corrected chi connectivity index (χ4v) is 3.11. The number of carbonyl (C=O) groups is 1. The first-order chi connectivity index (χ1) is 14.5. The van der Waals surface area contributed by atoms with Crippen LogP contribution in [0.2, 0.25) is 5.02 Å². The lowest BCUT2D eigenvalue weighted by atomic mass is 10.1. The van der Waals surface area contributed by atoms with Crippen LogP contribution < -0.4 is 19.5 Å². The summed E-state index contributed by atoms with van der Waals surface area (Å²) in [7, 11) is 3.09. The van der Waals surface area contributed by atoms with E-state index in [1.807, 2.05) is 30.3 Å². The highest BCUT2D eigenvalue weighted by Crippen LogP contribution is 2.35. The number of halogens is 1. The Morgan fingerprint density at radius 2 is 1.70 bits per heavy atom. The van der Waals surface area contributed by atoms with Crippen LogP contribution in [0.3, 0.4) is 0 Å². The molecule has 0 aromatic heterocycles. The van der Waals surface area contributed by atoms with Crippen molar-refractivity contribution in [3.8, 4) is 17.2 Å². The number of carboxylic acid groups (broad SMARTS) is 1. The van der Waals surface area contributed by atoms with Crippen molar-refractivity contribution >= 4 is 23.3 Å². The normalized spacial score (nSPS) is 10.4. The van der Waals surface area contributed by atoms with Crippen molar-refractivity contribution in [1.82, 2.24) is 0 Å². The van der Waals surface area contributed by atoms with Gasteiger partial charge in [0.2, 0.25) is 0 Å². The average Bonchev–Trinajstić information content (AvgIpc) is 2.77. The Hall–Kier alpha value is -3.38. The maximum absolute atomic E-state index is 11.2. The second-order valence-electron chi connectivity index (χ2n) is 6.44. The van der Waals surface area contributed by atoms with E-state index in [2.05, 4.69) is 5.32 Å². The summed E-state index contributed by atoms with van der Waals surface area (Å²) in [5.41, 5.74) is 2.51. The van der Waals surface area contributed by atoms with Crippen molar-refractivity contribution in [2.24, 2.45) is 0 Å². The largest absolute Gasteiger partial charge is 0.495 e. The highest BCUT2D eigenvalue weighted by Gasteiger charge is 2.13. The quantitative estimate of drug-likeness (QED) is 0.486. The number of hydrogen-bond donors (Lipinski definition) is 2. The SMILES string of the molecule is COc1ccc(C(=O)O)cc1NCc1cc(OC)c(OCc2ccccc2)cc1Cl. The molecule has 0 amide bonds. The molecule has 3 aromatic carbocycles. The molecule has 0 heterocycles. The summed E-state index contributed by atoms with van der Waals surface area (Å²) in [6.45, 7) is 0.734. The van der Waals surface area contributed by atoms with Crippen LogP contribution in [0, 0.1) is 0 Å². The van der Waals surface area contributed by atoms with E-state index in [0.717, 1.165) is 11.1 Å². The maximum atomic E-state index is 11.2. The zero-order valence-corrected chi connectivity index (χ0v) is 17.4. The second-order valence-corrected chi connectivity index (χ2v) is 6.85. The first-order valence-electron chi connectivity index (χ1n) is 9.20. The third-order valence-electron chi connectivity index (χ3n) is 4.49. The van der Waals surface area contributed by atoms with Crippen LogP contribution in [-0.2, 0) is 13.2 Å². The minimum absolute atomic E-state index is 0.159. The number of ether oxygens (including phenoxy) is 3. The molecule has 0 aliphatic rings. The summed E-state index contributed by atoms with van der Waals surface area (Å²) in [4.78, 5) is 11.2. The summed E-state index contributed by atoms with van der Waals surface area (Å²) in [6, 6.07) is 17.9. The number of rotatable bonds is 9. The summed E-state index contributed by atoms with van der Waals surface area (Å²) < 4.78 is 16.6. The molecule has 0 saturated carbocycles. The molecule has 6 nitrogen and oxygen atoms in total. The zero-order valence-electron chi connectivity index (χ0n) is 16.6. The molecule has 0 spiro atoms. The van der Waals surface area contributed by atoms with Crippen molar-refractivity contribution < 1.29 is 24.1 Å². The zero-order chi connectivity index (χ0) is 21.5. The third kappa shape index (κ3) is 5.15. The van der Waals surface area contributed by atoms with Crippen LogP contribution in [0.1, 0.15) is 21.5 Å². The van der Waals surface area contributed by atoms with E-state index in [9.17, 15) is 9.90 Å². The van der Waals surface area contributed by atoms with E-state index in [0.29, 0.717) is 41.1 Å². The molecule has 30 heavy (non-hydrogen) atoms. The van der Waals surface area contributed by atoms with Crippen LogP contribution in [-0.4, -0.2) is 25.3 Å². The van der Waals surface area contributed by atoms with Gasteiger partial charge in [-0.3, -0.25) is 0 Å². The van der Waals surface area contributed by atoms with Crippen molar-refractivity contribution in [1.29, 1.82) is 0 Å². The first kappa shape index (κ1) is 21.3. The van der Waals surface area contributed by atoms with E-state index in [1.54, 1.807) is 25.3 Å². The molecule has 0 saturated heterocycles. The van der Waals surface area contributed by atoms with Gasteiger partial charge in [0.15, 0.2) is 11.5 Å². The number of benzene rings is 3. The lowest BCUT2D eigenvalue weighted by Crippen LogP contribution is -2.05. The van der Waals surface area contributed by atoms with Gasteiger partial charge in [-0.25, -0.2) is 4.79 Å².